The number of hydrogen-bond acceptors (Lipinski definition) is 6. The zero-order chi connectivity index (χ0) is 21.1. The lowest BCUT2D eigenvalue weighted by molar-refractivity contribution is 0.0378. The summed E-state index contributed by atoms with van der Waals surface area (Å²) in [5.41, 5.74) is 2.64. The predicted molar refractivity (Wildman–Crippen MR) is 119 cm³/mol. The average molecular weight is 412 g/mol. The van der Waals surface area contributed by atoms with Gasteiger partial charge in [0.1, 0.15) is 11.4 Å². The first-order valence-electron chi connectivity index (χ1n) is 11.2. The summed E-state index contributed by atoms with van der Waals surface area (Å²) in [5, 5.41) is 4.79. The van der Waals surface area contributed by atoms with Crippen LogP contribution in [-0.2, 0) is 9.47 Å². The smallest absolute Gasteiger partial charge is 0.342 e. The van der Waals surface area contributed by atoms with Crippen molar-refractivity contribution < 1.29 is 14.3 Å². The molecule has 6 heteroatoms. The van der Waals surface area contributed by atoms with Crippen LogP contribution in [0.4, 0.5) is 5.82 Å². The van der Waals surface area contributed by atoms with Gasteiger partial charge in [0.25, 0.3) is 0 Å². The summed E-state index contributed by atoms with van der Waals surface area (Å²) in [6.45, 7) is 9.29. The Kier molecular flexibility index (Phi) is 6.54. The van der Waals surface area contributed by atoms with Gasteiger partial charge in [0.2, 0.25) is 0 Å². The molecule has 1 aromatic heterocycles. The standard InChI is InChI=1S/C24H33N3O3/c1-16(2)30-24(28)21-15-18-14-17(3)4-5-22(18)26-23(21)27-10-6-19(7-11-27)25-20-8-12-29-13-9-20/h4-5,14-16,19-20,25H,6-13H2,1-3H3. The number of esters is 1. The fraction of sp³-hybridized carbons (Fsp3) is 0.583. The molecule has 0 atom stereocenters. The van der Waals surface area contributed by atoms with E-state index in [0.717, 1.165) is 74.3 Å². The van der Waals surface area contributed by atoms with E-state index in [0.29, 0.717) is 17.6 Å². The lowest BCUT2D eigenvalue weighted by atomic mass is 10.0. The number of anilines is 1. The molecule has 6 nitrogen and oxygen atoms in total. The van der Waals surface area contributed by atoms with E-state index in [1.165, 1.54) is 0 Å². The number of hydrogen-bond donors (Lipinski definition) is 1. The number of nitrogens with one attached hydrogen (secondary N) is 1. The molecule has 3 heterocycles. The number of carbonyl (C=O) groups excluding carboxylic acids is 1. The van der Waals surface area contributed by atoms with Crippen LogP contribution < -0.4 is 10.2 Å². The molecule has 2 aliphatic rings. The van der Waals surface area contributed by atoms with Crippen molar-refractivity contribution in [2.75, 3.05) is 31.2 Å². The number of nitrogens with zero attached hydrogens (tertiary/aromatic N) is 2. The number of rotatable bonds is 5. The Labute approximate surface area is 178 Å². The molecule has 2 aliphatic heterocycles. The van der Waals surface area contributed by atoms with Crippen LogP contribution in [0.15, 0.2) is 24.3 Å². The van der Waals surface area contributed by atoms with Crippen molar-refractivity contribution in [3.63, 3.8) is 0 Å². The van der Waals surface area contributed by atoms with Gasteiger partial charge in [-0.05, 0) is 64.7 Å². The van der Waals surface area contributed by atoms with Gasteiger partial charge < -0.3 is 19.7 Å². The van der Waals surface area contributed by atoms with Crippen LogP contribution in [0, 0.1) is 6.92 Å². The summed E-state index contributed by atoms with van der Waals surface area (Å²) in [6, 6.07) is 9.19. The number of fused-ring (bicyclic) bond motifs is 1. The molecule has 0 bridgehead atoms. The second kappa shape index (κ2) is 9.31. The molecule has 0 spiro atoms. The number of piperidine rings is 1. The lowest BCUT2D eigenvalue weighted by Gasteiger charge is -2.36. The first kappa shape index (κ1) is 21.1. The van der Waals surface area contributed by atoms with E-state index in [4.69, 9.17) is 14.5 Å². The minimum atomic E-state index is -0.293. The number of benzene rings is 1. The van der Waals surface area contributed by atoms with Gasteiger partial charge in [0.15, 0.2) is 0 Å². The highest BCUT2D eigenvalue weighted by molar-refractivity contribution is 5.99. The van der Waals surface area contributed by atoms with Gasteiger partial charge in [-0.25, -0.2) is 9.78 Å². The molecule has 1 aromatic carbocycles. The molecule has 0 amide bonds. The van der Waals surface area contributed by atoms with Crippen LogP contribution in [0.25, 0.3) is 10.9 Å². The Morgan fingerprint density at radius 3 is 2.53 bits per heavy atom. The Hall–Kier alpha value is -2.18. The van der Waals surface area contributed by atoms with Crippen molar-refractivity contribution >= 4 is 22.7 Å². The van der Waals surface area contributed by atoms with Crippen LogP contribution in [0.1, 0.15) is 55.5 Å². The largest absolute Gasteiger partial charge is 0.459 e. The topological polar surface area (TPSA) is 63.7 Å². The van der Waals surface area contributed by atoms with E-state index in [-0.39, 0.29) is 12.1 Å². The molecule has 162 valence electrons. The fourth-order valence-corrected chi connectivity index (χ4v) is 4.41. The molecular weight excluding hydrogens is 378 g/mol. The minimum absolute atomic E-state index is 0.159. The maximum Gasteiger partial charge on any atom is 0.342 e. The zero-order valence-electron chi connectivity index (χ0n) is 18.3. The predicted octanol–water partition coefficient (Wildman–Crippen LogP) is 3.85. The second-order valence-electron chi connectivity index (χ2n) is 8.82. The fourth-order valence-electron chi connectivity index (χ4n) is 4.41. The highest BCUT2D eigenvalue weighted by Gasteiger charge is 2.27. The average Bonchev–Trinajstić information content (AvgIpc) is 2.73. The summed E-state index contributed by atoms with van der Waals surface area (Å²) in [4.78, 5) is 20.0. The van der Waals surface area contributed by atoms with Crippen molar-refractivity contribution in [1.82, 2.24) is 10.3 Å². The van der Waals surface area contributed by atoms with Crippen molar-refractivity contribution in [3.8, 4) is 0 Å². The maximum atomic E-state index is 12.9. The van der Waals surface area contributed by atoms with Gasteiger partial charge in [0.05, 0.1) is 11.6 Å². The Bertz CT molecular complexity index is 885. The molecular formula is C24H33N3O3. The maximum absolute atomic E-state index is 12.9. The quantitative estimate of drug-likeness (QED) is 0.754. The SMILES string of the molecule is Cc1ccc2nc(N3CCC(NC4CCOCC4)CC3)c(C(=O)OC(C)C)cc2c1. The van der Waals surface area contributed by atoms with E-state index in [2.05, 4.69) is 29.3 Å². The van der Waals surface area contributed by atoms with Crippen molar-refractivity contribution in [3.05, 3.63) is 35.4 Å². The summed E-state index contributed by atoms with van der Waals surface area (Å²) in [5.74, 6) is 0.458. The lowest BCUT2D eigenvalue weighted by Crippen LogP contribution is -2.48. The Morgan fingerprint density at radius 2 is 1.83 bits per heavy atom. The van der Waals surface area contributed by atoms with E-state index >= 15 is 0 Å². The summed E-state index contributed by atoms with van der Waals surface area (Å²) in [7, 11) is 0. The van der Waals surface area contributed by atoms with Gasteiger partial charge in [0, 0.05) is 43.8 Å². The number of ether oxygens (including phenoxy) is 2. The van der Waals surface area contributed by atoms with E-state index in [1.807, 2.05) is 26.0 Å². The molecule has 0 unspecified atom stereocenters. The number of pyridine rings is 1. The van der Waals surface area contributed by atoms with Crippen LogP contribution in [0.5, 0.6) is 0 Å². The third-order valence-corrected chi connectivity index (χ3v) is 6.00. The van der Waals surface area contributed by atoms with E-state index < -0.39 is 0 Å². The molecule has 0 saturated carbocycles. The summed E-state index contributed by atoms with van der Waals surface area (Å²) < 4.78 is 11.0. The second-order valence-corrected chi connectivity index (χ2v) is 8.82. The van der Waals surface area contributed by atoms with Crippen LogP contribution in [0.2, 0.25) is 0 Å². The Balaban J connectivity index is 1.53. The molecule has 4 rings (SSSR count). The van der Waals surface area contributed by atoms with Gasteiger partial charge in [-0.2, -0.15) is 0 Å². The highest BCUT2D eigenvalue weighted by Crippen LogP contribution is 2.28. The van der Waals surface area contributed by atoms with Crippen LogP contribution >= 0.6 is 0 Å². The highest BCUT2D eigenvalue weighted by atomic mass is 16.5. The first-order valence-corrected chi connectivity index (χ1v) is 11.2. The normalized spacial score (nSPS) is 18.9. The summed E-state index contributed by atoms with van der Waals surface area (Å²) >= 11 is 0. The van der Waals surface area contributed by atoms with Gasteiger partial charge in [-0.1, -0.05) is 11.6 Å². The Morgan fingerprint density at radius 1 is 1.13 bits per heavy atom. The molecule has 30 heavy (non-hydrogen) atoms. The summed E-state index contributed by atoms with van der Waals surface area (Å²) in [6.07, 6.45) is 4.12. The van der Waals surface area contributed by atoms with Crippen LogP contribution in [-0.4, -0.2) is 55.4 Å². The van der Waals surface area contributed by atoms with Crippen molar-refractivity contribution in [2.24, 2.45) is 0 Å². The van der Waals surface area contributed by atoms with Crippen LogP contribution in [0.3, 0.4) is 0 Å². The monoisotopic (exact) mass is 411 g/mol. The van der Waals surface area contributed by atoms with Crippen molar-refractivity contribution in [2.45, 2.75) is 64.6 Å². The molecule has 0 aliphatic carbocycles. The first-order chi connectivity index (χ1) is 14.5. The van der Waals surface area contributed by atoms with Gasteiger partial charge >= 0.3 is 5.97 Å². The molecule has 2 fully saturated rings. The molecule has 1 N–H and O–H groups in total. The number of aromatic nitrogens is 1. The van der Waals surface area contributed by atoms with E-state index in [9.17, 15) is 4.79 Å². The third-order valence-electron chi connectivity index (χ3n) is 6.00. The number of carbonyl (C=O) groups is 1. The number of aryl methyl sites for hydroxylation is 1. The van der Waals surface area contributed by atoms with Crippen molar-refractivity contribution in [1.29, 1.82) is 0 Å². The zero-order valence-corrected chi connectivity index (χ0v) is 18.3. The third kappa shape index (κ3) is 4.93. The molecule has 2 aromatic rings. The minimum Gasteiger partial charge on any atom is -0.459 e. The molecule has 2 saturated heterocycles. The van der Waals surface area contributed by atoms with E-state index in [1.54, 1.807) is 0 Å². The van der Waals surface area contributed by atoms with Gasteiger partial charge in [-0.3, -0.25) is 0 Å². The van der Waals surface area contributed by atoms with Gasteiger partial charge in [-0.15, -0.1) is 0 Å². The molecule has 0 radical (unpaired) electrons.